The molecule has 0 nitrogen and oxygen atoms in total. The van der Waals surface area contributed by atoms with Gasteiger partial charge >= 0.3 is 12.4 Å². The van der Waals surface area contributed by atoms with Gasteiger partial charge in [0.25, 0.3) is 6.17 Å². The summed E-state index contributed by atoms with van der Waals surface area (Å²) < 4.78 is 76.3. The second-order valence-electron chi connectivity index (χ2n) is 1.45. The Kier molecular flexibility index (Phi) is 4.89. The molecule has 8 heteroatoms. The van der Waals surface area contributed by atoms with Crippen molar-refractivity contribution in [3.8, 4) is 0 Å². The summed E-state index contributed by atoms with van der Waals surface area (Å²) in [5.41, 5.74) is 0. The molecular formula is C3HF7Sc. The quantitative estimate of drug-likeness (QED) is 0.544. The number of halogens is 7. The molecule has 0 heterocycles. The van der Waals surface area contributed by atoms with Gasteiger partial charge < -0.3 is 0 Å². The van der Waals surface area contributed by atoms with Crippen LogP contribution in [0, 0.1) is 0 Å². The number of alkyl halides is 7. The molecule has 0 aromatic heterocycles. The van der Waals surface area contributed by atoms with Gasteiger partial charge in [0.2, 0.25) is 0 Å². The molecule has 0 aromatic carbocycles. The monoisotopic (exact) mass is 215 g/mol. The van der Waals surface area contributed by atoms with Crippen LogP contribution < -0.4 is 0 Å². The zero-order valence-corrected chi connectivity index (χ0v) is 6.60. The second kappa shape index (κ2) is 3.86. The molecule has 0 amide bonds. The van der Waals surface area contributed by atoms with E-state index in [0.29, 0.717) is 0 Å². The van der Waals surface area contributed by atoms with Crippen molar-refractivity contribution in [2.45, 2.75) is 18.5 Å². The molecule has 0 saturated heterocycles. The largest absolute Gasteiger partial charge is 0.428 e. The van der Waals surface area contributed by atoms with Gasteiger partial charge in [-0.15, -0.1) is 0 Å². The topological polar surface area (TPSA) is 0 Å². The van der Waals surface area contributed by atoms with E-state index in [0.717, 1.165) is 0 Å². The van der Waals surface area contributed by atoms with Gasteiger partial charge in [-0.1, -0.05) is 0 Å². The predicted octanol–water partition coefficient (Wildman–Crippen LogP) is 2.45. The molecule has 0 saturated carbocycles. The molecule has 0 fully saturated rings. The zero-order valence-electron chi connectivity index (χ0n) is 4.80. The van der Waals surface area contributed by atoms with Gasteiger partial charge in [0.05, 0.1) is 0 Å². The Bertz CT molecular complexity index is 97.8. The van der Waals surface area contributed by atoms with E-state index in [1.54, 1.807) is 0 Å². The summed E-state index contributed by atoms with van der Waals surface area (Å²) in [6, 6.07) is 0. The summed E-state index contributed by atoms with van der Waals surface area (Å²) in [6.07, 6.45) is -16.4. The maximum Gasteiger partial charge on any atom is 0.428 e. The third-order valence-electron chi connectivity index (χ3n) is 0.575. The summed E-state index contributed by atoms with van der Waals surface area (Å²) in [6.45, 7) is 0. The number of hydrogen-bond donors (Lipinski definition) is 0. The molecule has 0 N–H and O–H groups in total. The summed E-state index contributed by atoms with van der Waals surface area (Å²) >= 11 is 0. The van der Waals surface area contributed by atoms with Crippen molar-refractivity contribution in [3.05, 3.63) is 0 Å². The van der Waals surface area contributed by atoms with Crippen LogP contribution >= 0.6 is 0 Å². The van der Waals surface area contributed by atoms with Crippen LogP contribution in [0.5, 0.6) is 0 Å². The Morgan fingerprint density at radius 1 is 0.727 bits per heavy atom. The van der Waals surface area contributed by atoms with Crippen molar-refractivity contribution in [2.75, 3.05) is 0 Å². The van der Waals surface area contributed by atoms with Crippen molar-refractivity contribution in [2.24, 2.45) is 0 Å². The Hall–Kier alpha value is 0.380. The van der Waals surface area contributed by atoms with Crippen LogP contribution in [-0.4, -0.2) is 18.5 Å². The van der Waals surface area contributed by atoms with Gasteiger partial charge in [0, 0.05) is 25.8 Å². The summed E-state index contributed by atoms with van der Waals surface area (Å²) in [5.74, 6) is 0. The van der Waals surface area contributed by atoms with Gasteiger partial charge in [-0.25, -0.2) is 4.39 Å². The number of rotatable bonds is 0. The van der Waals surface area contributed by atoms with E-state index >= 15 is 0 Å². The van der Waals surface area contributed by atoms with Crippen LogP contribution in [-0.2, 0) is 25.8 Å². The van der Waals surface area contributed by atoms with E-state index in [4.69, 9.17) is 0 Å². The molecule has 0 bridgehead atoms. The third-order valence-corrected chi connectivity index (χ3v) is 0.575. The fourth-order valence-electron chi connectivity index (χ4n) is 0.186. The summed E-state index contributed by atoms with van der Waals surface area (Å²) in [4.78, 5) is 0. The zero-order chi connectivity index (χ0) is 8.58. The Morgan fingerprint density at radius 2 is 0.909 bits per heavy atom. The predicted molar refractivity (Wildman–Crippen MR) is 17.0 cm³/mol. The molecule has 0 aliphatic rings. The van der Waals surface area contributed by atoms with Crippen LogP contribution in [0.2, 0.25) is 0 Å². The molecule has 0 unspecified atom stereocenters. The molecule has 11 heavy (non-hydrogen) atoms. The molecule has 65 valence electrons. The summed E-state index contributed by atoms with van der Waals surface area (Å²) in [7, 11) is 0. The Labute approximate surface area is 75.5 Å². The fourth-order valence-corrected chi connectivity index (χ4v) is 0.186. The molecule has 0 aromatic rings. The average Bonchev–Trinajstić information content (AvgIpc) is 1.59. The molecule has 0 aliphatic heterocycles. The van der Waals surface area contributed by atoms with E-state index in [-0.39, 0.29) is 25.8 Å². The van der Waals surface area contributed by atoms with Crippen molar-refractivity contribution in [1.29, 1.82) is 0 Å². The molecule has 0 atom stereocenters. The molecule has 0 rings (SSSR count). The normalized spacial score (nSPS) is 13.1. The third kappa shape index (κ3) is 4.76. The van der Waals surface area contributed by atoms with Gasteiger partial charge in [-0.3, -0.25) is 0 Å². The molecule has 1 radical (unpaired) electrons. The van der Waals surface area contributed by atoms with Crippen LogP contribution in [0.4, 0.5) is 30.7 Å². The minimum Gasteiger partial charge on any atom is -0.227 e. The van der Waals surface area contributed by atoms with Crippen molar-refractivity contribution < 1.29 is 56.6 Å². The van der Waals surface area contributed by atoms with Gasteiger partial charge in [-0.05, 0) is 0 Å². The van der Waals surface area contributed by atoms with Gasteiger partial charge in [0.15, 0.2) is 0 Å². The SMILES string of the molecule is FC(C(F)(F)F)C(F)(F)F.[Sc]. The number of hydrogen-bond acceptors (Lipinski definition) is 0. The first-order valence-corrected chi connectivity index (χ1v) is 1.93. The van der Waals surface area contributed by atoms with Gasteiger partial charge in [0.1, 0.15) is 0 Å². The van der Waals surface area contributed by atoms with Crippen LogP contribution in [0.15, 0.2) is 0 Å². The van der Waals surface area contributed by atoms with E-state index < -0.39 is 18.5 Å². The van der Waals surface area contributed by atoms with E-state index in [1.807, 2.05) is 0 Å². The Balaban J connectivity index is 0. The molecule has 0 spiro atoms. The average molecular weight is 215 g/mol. The first-order valence-electron chi connectivity index (χ1n) is 1.93. The van der Waals surface area contributed by atoms with Crippen molar-refractivity contribution in [3.63, 3.8) is 0 Å². The van der Waals surface area contributed by atoms with Gasteiger partial charge in [-0.2, -0.15) is 26.3 Å². The Morgan fingerprint density at radius 3 is 0.909 bits per heavy atom. The fraction of sp³-hybridized carbons (Fsp3) is 1.00. The van der Waals surface area contributed by atoms with E-state index in [1.165, 1.54) is 0 Å². The first kappa shape index (κ1) is 13.9. The van der Waals surface area contributed by atoms with Crippen molar-refractivity contribution in [1.82, 2.24) is 0 Å². The first-order chi connectivity index (χ1) is 4.15. The van der Waals surface area contributed by atoms with Crippen LogP contribution in [0.3, 0.4) is 0 Å². The standard InChI is InChI=1S/C3HF7.Sc/c4-1(2(5,6)7)3(8,9)10;/h1H;. The molecular weight excluding hydrogens is 214 g/mol. The minimum absolute atomic E-state index is 0. The smallest absolute Gasteiger partial charge is 0.227 e. The molecule has 0 aliphatic carbocycles. The maximum absolute atomic E-state index is 11.2. The van der Waals surface area contributed by atoms with Crippen molar-refractivity contribution >= 4 is 0 Å². The minimum atomic E-state index is -5.85. The van der Waals surface area contributed by atoms with Crippen LogP contribution in [0.25, 0.3) is 0 Å². The van der Waals surface area contributed by atoms with Crippen LogP contribution in [0.1, 0.15) is 0 Å². The van der Waals surface area contributed by atoms with E-state index in [9.17, 15) is 30.7 Å². The maximum atomic E-state index is 11.2. The second-order valence-corrected chi connectivity index (χ2v) is 1.45. The summed E-state index contributed by atoms with van der Waals surface area (Å²) in [5, 5.41) is 0. The van der Waals surface area contributed by atoms with E-state index in [2.05, 4.69) is 0 Å².